The van der Waals surface area contributed by atoms with E-state index >= 15 is 0 Å². The smallest absolute Gasteiger partial charge is 0.268 e. The summed E-state index contributed by atoms with van der Waals surface area (Å²) in [6.07, 6.45) is 2.17. The van der Waals surface area contributed by atoms with Gasteiger partial charge in [0.1, 0.15) is 11.2 Å². The largest absolute Gasteiger partial charge is 0.336 e. The summed E-state index contributed by atoms with van der Waals surface area (Å²) in [5.41, 5.74) is 1.23. The highest BCUT2D eigenvalue weighted by Crippen LogP contribution is 2.26. The number of benzene rings is 2. The van der Waals surface area contributed by atoms with Gasteiger partial charge in [0.05, 0.1) is 0 Å². The zero-order valence-corrected chi connectivity index (χ0v) is 15.7. The second kappa shape index (κ2) is 6.84. The van der Waals surface area contributed by atoms with Crippen molar-refractivity contribution in [2.75, 3.05) is 7.05 Å². The Morgan fingerprint density at radius 1 is 1.08 bits per heavy atom. The molecule has 0 aromatic heterocycles. The molecule has 2 aromatic carbocycles. The van der Waals surface area contributed by atoms with Crippen molar-refractivity contribution in [2.45, 2.75) is 18.9 Å². The van der Waals surface area contributed by atoms with Gasteiger partial charge >= 0.3 is 0 Å². The van der Waals surface area contributed by atoms with Crippen molar-refractivity contribution in [3.05, 3.63) is 75.9 Å². The van der Waals surface area contributed by atoms with Gasteiger partial charge in [0.2, 0.25) is 0 Å². The van der Waals surface area contributed by atoms with Crippen molar-refractivity contribution >= 4 is 33.8 Å². The molecule has 0 aliphatic carbocycles. The molecule has 1 fully saturated rings. The maximum absolute atomic E-state index is 12.9. The summed E-state index contributed by atoms with van der Waals surface area (Å²) in [6.45, 7) is 1.77. The van der Waals surface area contributed by atoms with Crippen molar-refractivity contribution in [3.8, 4) is 0 Å². The van der Waals surface area contributed by atoms with Crippen LogP contribution in [0.15, 0.2) is 64.8 Å². The number of likely N-dealkylation sites (N-methyl/N-ethyl adjacent to an activating group) is 1. The summed E-state index contributed by atoms with van der Waals surface area (Å²) in [6, 6.07) is 17.3. The number of rotatable bonds is 3. The quantitative estimate of drug-likeness (QED) is 0.805. The van der Waals surface area contributed by atoms with Crippen molar-refractivity contribution in [1.29, 1.82) is 0 Å². The zero-order chi connectivity index (χ0) is 18.0. The number of hydrogen-bond acceptors (Lipinski definition) is 2. The summed E-state index contributed by atoms with van der Waals surface area (Å²) in [5, 5.41) is 2.90. The van der Waals surface area contributed by atoms with Crippen LogP contribution in [0.1, 0.15) is 18.1 Å². The standard InChI is InChI=1S/C20H19BrN2O2/c1-20(13-14-8-4-3-5-9-14)19(25)23(2)17(18(24)22-20)12-15-10-6-7-11-16(15)21/h3-12H,13H2,1-2H3,(H,22,24)/b17-12+. The Labute approximate surface area is 155 Å². The molecule has 0 bridgehead atoms. The second-order valence-electron chi connectivity index (χ2n) is 6.36. The molecule has 2 aromatic rings. The van der Waals surface area contributed by atoms with Gasteiger partial charge in [-0.15, -0.1) is 0 Å². The lowest BCUT2D eigenvalue weighted by Crippen LogP contribution is -2.64. The molecule has 1 atom stereocenters. The summed E-state index contributed by atoms with van der Waals surface area (Å²) in [4.78, 5) is 27.1. The van der Waals surface area contributed by atoms with E-state index in [1.54, 1.807) is 20.0 Å². The fourth-order valence-corrected chi connectivity index (χ4v) is 3.42. The van der Waals surface area contributed by atoms with Gasteiger partial charge in [0.25, 0.3) is 11.8 Å². The maximum Gasteiger partial charge on any atom is 0.268 e. The number of hydrogen-bond donors (Lipinski definition) is 1. The van der Waals surface area contributed by atoms with E-state index < -0.39 is 5.54 Å². The Hall–Kier alpha value is -2.40. The van der Waals surface area contributed by atoms with E-state index in [4.69, 9.17) is 0 Å². The number of nitrogens with zero attached hydrogens (tertiary/aromatic N) is 1. The number of halogens is 1. The Balaban J connectivity index is 1.91. The first-order valence-electron chi connectivity index (χ1n) is 8.01. The van der Waals surface area contributed by atoms with Crippen molar-refractivity contribution < 1.29 is 9.59 Å². The molecule has 3 rings (SSSR count). The molecule has 1 heterocycles. The van der Waals surface area contributed by atoms with Crippen LogP contribution in [0.2, 0.25) is 0 Å². The van der Waals surface area contributed by atoms with Crippen LogP contribution in [0.25, 0.3) is 6.08 Å². The molecule has 128 valence electrons. The van der Waals surface area contributed by atoms with Crippen molar-refractivity contribution in [2.24, 2.45) is 0 Å². The van der Waals surface area contributed by atoms with Crippen LogP contribution in [-0.4, -0.2) is 29.3 Å². The van der Waals surface area contributed by atoms with Gasteiger partial charge in [-0.05, 0) is 30.2 Å². The normalized spacial score (nSPS) is 22.2. The van der Waals surface area contributed by atoms with E-state index in [1.807, 2.05) is 54.6 Å². The second-order valence-corrected chi connectivity index (χ2v) is 7.22. The van der Waals surface area contributed by atoms with Gasteiger partial charge in [0.15, 0.2) is 0 Å². The van der Waals surface area contributed by atoms with Crippen LogP contribution in [0.4, 0.5) is 0 Å². The number of amides is 2. The Kier molecular flexibility index (Phi) is 4.77. The Morgan fingerprint density at radius 2 is 1.72 bits per heavy atom. The van der Waals surface area contributed by atoms with E-state index in [0.717, 1.165) is 15.6 Å². The highest BCUT2D eigenvalue weighted by atomic mass is 79.9. The molecular formula is C20H19BrN2O2. The van der Waals surface area contributed by atoms with Gasteiger partial charge in [-0.3, -0.25) is 9.59 Å². The van der Waals surface area contributed by atoms with Crippen LogP contribution < -0.4 is 5.32 Å². The van der Waals surface area contributed by atoms with Gasteiger partial charge in [-0.25, -0.2) is 0 Å². The Morgan fingerprint density at radius 3 is 2.40 bits per heavy atom. The van der Waals surface area contributed by atoms with E-state index in [1.165, 1.54) is 4.90 Å². The number of nitrogens with one attached hydrogen (secondary N) is 1. The third-order valence-electron chi connectivity index (χ3n) is 4.36. The fraction of sp³-hybridized carbons (Fsp3) is 0.200. The van der Waals surface area contributed by atoms with Crippen LogP contribution >= 0.6 is 15.9 Å². The molecule has 1 unspecified atom stereocenters. The molecular weight excluding hydrogens is 380 g/mol. The van der Waals surface area contributed by atoms with E-state index in [2.05, 4.69) is 21.2 Å². The lowest BCUT2D eigenvalue weighted by atomic mass is 9.88. The highest BCUT2D eigenvalue weighted by Gasteiger charge is 2.44. The third-order valence-corrected chi connectivity index (χ3v) is 5.08. The molecule has 2 amide bonds. The van der Waals surface area contributed by atoms with Crippen LogP contribution in [0, 0.1) is 0 Å². The summed E-state index contributed by atoms with van der Waals surface area (Å²) in [5.74, 6) is -0.384. The molecule has 1 N–H and O–H groups in total. The average Bonchev–Trinajstić information content (AvgIpc) is 2.59. The summed E-state index contributed by atoms with van der Waals surface area (Å²) in [7, 11) is 1.65. The predicted octanol–water partition coefficient (Wildman–Crippen LogP) is 3.38. The molecule has 1 aliphatic rings. The average molecular weight is 399 g/mol. The molecule has 25 heavy (non-hydrogen) atoms. The van der Waals surface area contributed by atoms with E-state index in [0.29, 0.717) is 12.1 Å². The van der Waals surface area contributed by atoms with Gasteiger partial charge in [-0.1, -0.05) is 64.5 Å². The first kappa shape index (κ1) is 17.4. The lowest BCUT2D eigenvalue weighted by Gasteiger charge is -2.39. The molecule has 1 saturated heterocycles. The molecule has 4 nitrogen and oxygen atoms in total. The first-order chi connectivity index (χ1) is 11.9. The van der Waals surface area contributed by atoms with Crippen molar-refractivity contribution in [3.63, 3.8) is 0 Å². The topological polar surface area (TPSA) is 49.4 Å². The fourth-order valence-electron chi connectivity index (χ4n) is 3.03. The minimum absolute atomic E-state index is 0.130. The minimum atomic E-state index is -0.960. The highest BCUT2D eigenvalue weighted by molar-refractivity contribution is 9.10. The Bertz CT molecular complexity index is 848. The van der Waals surface area contributed by atoms with Crippen LogP contribution in [0.5, 0.6) is 0 Å². The summed E-state index contributed by atoms with van der Waals surface area (Å²) < 4.78 is 0.869. The SMILES string of the molecule is CN1C(=O)C(C)(Cc2ccccc2)NC(=O)/C1=C\c1ccccc1Br. The molecule has 0 radical (unpaired) electrons. The molecule has 5 heteroatoms. The summed E-state index contributed by atoms with van der Waals surface area (Å²) >= 11 is 3.47. The van der Waals surface area contributed by atoms with Crippen molar-refractivity contribution in [1.82, 2.24) is 10.2 Å². The number of piperazine rings is 1. The number of carbonyl (C=O) groups excluding carboxylic acids is 2. The van der Waals surface area contributed by atoms with Crippen LogP contribution in [-0.2, 0) is 16.0 Å². The predicted molar refractivity (Wildman–Crippen MR) is 102 cm³/mol. The van der Waals surface area contributed by atoms with Crippen LogP contribution in [0.3, 0.4) is 0 Å². The van der Waals surface area contributed by atoms with Gasteiger partial charge < -0.3 is 10.2 Å². The lowest BCUT2D eigenvalue weighted by molar-refractivity contribution is -0.143. The number of carbonyl (C=O) groups is 2. The first-order valence-corrected chi connectivity index (χ1v) is 8.81. The minimum Gasteiger partial charge on any atom is -0.336 e. The van der Waals surface area contributed by atoms with Gasteiger partial charge in [-0.2, -0.15) is 0 Å². The maximum atomic E-state index is 12.9. The van der Waals surface area contributed by atoms with Gasteiger partial charge in [0, 0.05) is 17.9 Å². The molecule has 0 spiro atoms. The van der Waals surface area contributed by atoms with E-state index in [-0.39, 0.29) is 11.8 Å². The third kappa shape index (κ3) is 3.51. The van der Waals surface area contributed by atoms with E-state index in [9.17, 15) is 9.59 Å². The monoisotopic (exact) mass is 398 g/mol. The zero-order valence-electron chi connectivity index (χ0n) is 14.1. The molecule has 0 saturated carbocycles. The molecule has 1 aliphatic heterocycles.